The molecule has 1 unspecified atom stereocenters. The molecule has 0 aromatic carbocycles. The van der Waals surface area contributed by atoms with Gasteiger partial charge in [-0.15, -0.1) is 0 Å². The van der Waals surface area contributed by atoms with Crippen molar-refractivity contribution < 1.29 is 9.90 Å². The van der Waals surface area contributed by atoms with Gasteiger partial charge in [-0.2, -0.15) is 5.26 Å². The molecule has 1 rings (SSSR count). The first-order chi connectivity index (χ1) is 8.99. The van der Waals surface area contributed by atoms with Gasteiger partial charge in [-0.25, -0.2) is 4.79 Å². The van der Waals surface area contributed by atoms with Crippen LogP contribution in [0.25, 0.3) is 0 Å². The lowest BCUT2D eigenvalue weighted by Gasteiger charge is -2.17. The number of anilines is 1. The van der Waals surface area contributed by atoms with Gasteiger partial charge in [0, 0.05) is 5.69 Å². The van der Waals surface area contributed by atoms with Crippen molar-refractivity contribution in [1.29, 1.82) is 5.26 Å². The van der Waals surface area contributed by atoms with Crippen LogP contribution in [0.3, 0.4) is 0 Å². The van der Waals surface area contributed by atoms with Crippen LogP contribution in [0.5, 0.6) is 0 Å². The molecule has 0 aliphatic rings. The largest absolute Gasteiger partial charge is 0.480 e. The Labute approximate surface area is 113 Å². The average molecular weight is 261 g/mol. The molecule has 1 aromatic heterocycles. The van der Waals surface area contributed by atoms with Gasteiger partial charge in [0.25, 0.3) is 0 Å². The third kappa shape index (κ3) is 3.95. The minimum Gasteiger partial charge on any atom is -0.480 e. The van der Waals surface area contributed by atoms with E-state index in [2.05, 4.69) is 16.4 Å². The number of aryl methyl sites for hydroxylation is 2. The Morgan fingerprint density at radius 3 is 2.79 bits per heavy atom. The van der Waals surface area contributed by atoms with E-state index in [1.54, 1.807) is 13.0 Å². The normalized spacial score (nSPS) is 11.7. The Bertz CT molecular complexity index is 506. The van der Waals surface area contributed by atoms with Crippen molar-refractivity contribution >= 4 is 11.7 Å². The Morgan fingerprint density at radius 1 is 1.58 bits per heavy atom. The molecule has 0 aliphatic heterocycles. The number of unbranched alkanes of at least 4 members (excludes halogenated alkanes) is 1. The van der Waals surface area contributed by atoms with E-state index in [0.29, 0.717) is 23.4 Å². The number of carboxylic acids is 1. The van der Waals surface area contributed by atoms with Gasteiger partial charge < -0.3 is 10.4 Å². The Balaban J connectivity index is 3.02. The molecular weight excluding hydrogens is 242 g/mol. The summed E-state index contributed by atoms with van der Waals surface area (Å²) in [6.45, 7) is 5.58. The van der Waals surface area contributed by atoms with Crippen LogP contribution >= 0.6 is 0 Å². The first kappa shape index (κ1) is 15.0. The summed E-state index contributed by atoms with van der Waals surface area (Å²) < 4.78 is 0. The number of rotatable bonds is 6. The molecule has 0 spiro atoms. The highest BCUT2D eigenvalue weighted by atomic mass is 16.4. The van der Waals surface area contributed by atoms with Crippen molar-refractivity contribution in [1.82, 2.24) is 4.98 Å². The number of pyridine rings is 1. The molecule has 0 fully saturated rings. The number of aromatic nitrogens is 1. The molecule has 1 heterocycles. The summed E-state index contributed by atoms with van der Waals surface area (Å²) in [6.07, 6.45) is 2.30. The summed E-state index contributed by atoms with van der Waals surface area (Å²) in [5.41, 5.74) is 2.34. The van der Waals surface area contributed by atoms with E-state index >= 15 is 0 Å². The van der Waals surface area contributed by atoms with E-state index in [1.807, 2.05) is 13.8 Å². The molecular formula is C14H19N3O2. The third-order valence-corrected chi connectivity index (χ3v) is 2.91. The van der Waals surface area contributed by atoms with Crippen LogP contribution in [-0.2, 0) is 4.79 Å². The molecule has 1 atom stereocenters. The average Bonchev–Trinajstić information content (AvgIpc) is 2.33. The zero-order valence-electron chi connectivity index (χ0n) is 11.5. The number of nitriles is 1. The van der Waals surface area contributed by atoms with Gasteiger partial charge >= 0.3 is 5.97 Å². The SMILES string of the molecule is CCCCC(Nc1cc(C)nc(C)c1C#N)C(=O)O. The monoisotopic (exact) mass is 261 g/mol. The highest BCUT2D eigenvalue weighted by molar-refractivity contribution is 5.78. The van der Waals surface area contributed by atoms with Gasteiger partial charge in [0.05, 0.1) is 16.9 Å². The second-order valence-corrected chi connectivity index (χ2v) is 4.56. The zero-order chi connectivity index (χ0) is 14.4. The quantitative estimate of drug-likeness (QED) is 0.822. The molecule has 0 amide bonds. The lowest BCUT2D eigenvalue weighted by atomic mass is 10.1. The van der Waals surface area contributed by atoms with Crippen LogP contribution in [0.4, 0.5) is 5.69 Å². The smallest absolute Gasteiger partial charge is 0.326 e. The number of hydrogen-bond donors (Lipinski definition) is 2. The standard InChI is InChI=1S/C14H19N3O2/c1-4-5-6-12(14(18)19)17-13-7-9(2)16-10(3)11(13)8-15/h7,12H,4-6H2,1-3H3,(H,16,17)(H,18,19). The van der Waals surface area contributed by atoms with E-state index in [1.165, 1.54) is 0 Å². The van der Waals surface area contributed by atoms with Crippen LogP contribution < -0.4 is 5.32 Å². The molecule has 0 saturated carbocycles. The topological polar surface area (TPSA) is 86.0 Å². The molecule has 19 heavy (non-hydrogen) atoms. The summed E-state index contributed by atoms with van der Waals surface area (Å²) in [7, 11) is 0. The maximum Gasteiger partial charge on any atom is 0.326 e. The minimum atomic E-state index is -0.899. The van der Waals surface area contributed by atoms with Crippen LogP contribution in [0.15, 0.2) is 6.07 Å². The van der Waals surface area contributed by atoms with E-state index in [-0.39, 0.29) is 0 Å². The highest BCUT2D eigenvalue weighted by Gasteiger charge is 2.19. The fraction of sp³-hybridized carbons (Fsp3) is 0.500. The Hall–Kier alpha value is -2.09. The van der Waals surface area contributed by atoms with Gasteiger partial charge in [-0.1, -0.05) is 19.8 Å². The van der Waals surface area contributed by atoms with Crippen molar-refractivity contribution in [3.63, 3.8) is 0 Å². The molecule has 0 radical (unpaired) electrons. The molecule has 0 aliphatic carbocycles. The summed E-state index contributed by atoms with van der Waals surface area (Å²) in [4.78, 5) is 15.4. The highest BCUT2D eigenvalue weighted by Crippen LogP contribution is 2.20. The fourth-order valence-electron chi connectivity index (χ4n) is 1.94. The first-order valence-electron chi connectivity index (χ1n) is 6.37. The van der Waals surface area contributed by atoms with Crippen LogP contribution in [0, 0.1) is 25.2 Å². The number of hydrogen-bond acceptors (Lipinski definition) is 4. The number of nitrogens with one attached hydrogen (secondary N) is 1. The molecule has 0 saturated heterocycles. The Morgan fingerprint density at radius 2 is 2.26 bits per heavy atom. The number of nitrogens with zero attached hydrogens (tertiary/aromatic N) is 2. The number of aliphatic carboxylic acids is 1. The van der Waals surface area contributed by atoms with E-state index in [4.69, 9.17) is 5.26 Å². The molecule has 5 nitrogen and oxygen atoms in total. The van der Waals surface area contributed by atoms with Gasteiger partial charge in [0.15, 0.2) is 0 Å². The number of carbonyl (C=O) groups is 1. The summed E-state index contributed by atoms with van der Waals surface area (Å²) in [5, 5.41) is 21.3. The molecule has 2 N–H and O–H groups in total. The lowest BCUT2D eigenvalue weighted by molar-refractivity contribution is -0.138. The maximum atomic E-state index is 11.2. The van der Waals surface area contributed by atoms with Crippen molar-refractivity contribution in [2.24, 2.45) is 0 Å². The number of carboxylic acid groups (broad SMARTS) is 1. The van der Waals surface area contributed by atoms with Gasteiger partial charge in [-0.05, 0) is 26.3 Å². The Kier molecular flexibility index (Phi) is 5.31. The summed E-state index contributed by atoms with van der Waals surface area (Å²) in [5.74, 6) is -0.899. The van der Waals surface area contributed by atoms with Crippen LogP contribution in [-0.4, -0.2) is 22.1 Å². The maximum absolute atomic E-state index is 11.2. The van der Waals surface area contributed by atoms with Gasteiger partial charge in [0.2, 0.25) is 0 Å². The predicted molar refractivity (Wildman–Crippen MR) is 73.0 cm³/mol. The minimum absolute atomic E-state index is 0.411. The third-order valence-electron chi connectivity index (χ3n) is 2.91. The van der Waals surface area contributed by atoms with E-state index < -0.39 is 12.0 Å². The van der Waals surface area contributed by atoms with Gasteiger partial charge in [0.1, 0.15) is 12.1 Å². The van der Waals surface area contributed by atoms with Crippen molar-refractivity contribution in [2.45, 2.75) is 46.1 Å². The van der Waals surface area contributed by atoms with E-state index in [9.17, 15) is 9.90 Å². The molecule has 0 bridgehead atoms. The van der Waals surface area contributed by atoms with Crippen molar-refractivity contribution in [3.05, 3.63) is 23.0 Å². The lowest BCUT2D eigenvalue weighted by Crippen LogP contribution is -2.29. The van der Waals surface area contributed by atoms with Gasteiger partial charge in [-0.3, -0.25) is 4.98 Å². The van der Waals surface area contributed by atoms with Crippen molar-refractivity contribution in [3.8, 4) is 6.07 Å². The van der Waals surface area contributed by atoms with E-state index in [0.717, 1.165) is 18.5 Å². The summed E-state index contributed by atoms with van der Waals surface area (Å²) in [6, 6.07) is 3.12. The molecule has 5 heteroatoms. The molecule has 102 valence electrons. The van der Waals surface area contributed by atoms with Crippen LogP contribution in [0.2, 0.25) is 0 Å². The first-order valence-corrected chi connectivity index (χ1v) is 6.37. The second kappa shape index (κ2) is 6.74. The van der Waals surface area contributed by atoms with Crippen molar-refractivity contribution in [2.75, 3.05) is 5.32 Å². The second-order valence-electron chi connectivity index (χ2n) is 4.56. The fourth-order valence-corrected chi connectivity index (χ4v) is 1.94. The molecule has 1 aromatic rings. The zero-order valence-corrected chi connectivity index (χ0v) is 11.5. The summed E-state index contributed by atoms with van der Waals surface area (Å²) >= 11 is 0. The predicted octanol–water partition coefficient (Wildman–Crippen LogP) is 2.63. The van der Waals surface area contributed by atoms with Crippen LogP contribution in [0.1, 0.15) is 43.1 Å².